The van der Waals surface area contributed by atoms with Crippen LogP contribution in [0.3, 0.4) is 0 Å². The van der Waals surface area contributed by atoms with E-state index in [0.717, 1.165) is 16.6 Å². The number of nitrogens with one attached hydrogen (secondary N) is 1. The normalized spacial score (nSPS) is 10.9. The second-order valence-corrected chi connectivity index (χ2v) is 5.59. The van der Waals surface area contributed by atoms with Crippen molar-refractivity contribution in [2.75, 3.05) is 11.1 Å². The highest BCUT2D eigenvalue weighted by Gasteiger charge is 2.07. The predicted molar refractivity (Wildman–Crippen MR) is 94.4 cm³/mol. The van der Waals surface area contributed by atoms with Gasteiger partial charge in [0.1, 0.15) is 5.82 Å². The Labute approximate surface area is 143 Å². The fourth-order valence-electron chi connectivity index (χ4n) is 2.55. The van der Waals surface area contributed by atoms with Gasteiger partial charge in [-0.3, -0.25) is 0 Å². The lowest BCUT2D eigenvalue weighted by molar-refractivity contribution is 0.628. The van der Waals surface area contributed by atoms with Gasteiger partial charge in [-0.15, -0.1) is 0 Å². The van der Waals surface area contributed by atoms with Gasteiger partial charge in [-0.1, -0.05) is 0 Å². The lowest BCUT2D eigenvalue weighted by atomic mass is 10.1. The lowest BCUT2D eigenvalue weighted by Crippen LogP contribution is -2.07. The van der Waals surface area contributed by atoms with E-state index >= 15 is 0 Å². The Hall–Kier alpha value is -3.48. The molecule has 6 nitrogen and oxygen atoms in total. The smallest absolute Gasteiger partial charge is 0.169 e. The van der Waals surface area contributed by atoms with Gasteiger partial charge in [-0.05, 0) is 48.0 Å². The average molecular weight is 334 g/mol. The van der Waals surface area contributed by atoms with Crippen molar-refractivity contribution in [3.05, 3.63) is 72.4 Å². The minimum atomic E-state index is -0.291. The molecule has 0 aliphatic carbocycles. The lowest BCUT2D eigenvalue weighted by Gasteiger charge is -2.10. The third kappa shape index (κ3) is 3.12. The molecule has 1 aromatic carbocycles. The van der Waals surface area contributed by atoms with E-state index in [1.807, 2.05) is 24.4 Å². The molecule has 3 aromatic heterocycles. The molecule has 3 heterocycles. The number of nitrogens with two attached hydrogens (primary N) is 1. The topological polar surface area (TPSA) is 81.1 Å². The minimum Gasteiger partial charge on any atom is -0.381 e. The second-order valence-electron chi connectivity index (χ2n) is 5.59. The Morgan fingerprint density at radius 3 is 2.80 bits per heavy atom. The third-order valence-corrected chi connectivity index (χ3v) is 3.86. The molecule has 0 aliphatic rings. The van der Waals surface area contributed by atoms with E-state index in [9.17, 15) is 4.39 Å². The zero-order chi connectivity index (χ0) is 17.2. The number of pyridine rings is 1. The molecule has 0 saturated heterocycles. The molecule has 4 aromatic rings. The number of nitrogens with zero attached hydrogens (tertiary/aromatic N) is 4. The van der Waals surface area contributed by atoms with Crippen LogP contribution in [0.4, 0.5) is 16.0 Å². The van der Waals surface area contributed by atoms with Crippen LogP contribution in [0.15, 0.2) is 61.1 Å². The van der Waals surface area contributed by atoms with Crippen molar-refractivity contribution in [1.29, 1.82) is 0 Å². The van der Waals surface area contributed by atoms with Crippen molar-refractivity contribution in [2.24, 2.45) is 0 Å². The van der Waals surface area contributed by atoms with Crippen molar-refractivity contribution in [3.63, 3.8) is 0 Å². The number of fused-ring (bicyclic) bond motifs is 1. The third-order valence-electron chi connectivity index (χ3n) is 3.86. The first-order chi connectivity index (χ1) is 12.2. The molecule has 0 amide bonds. The van der Waals surface area contributed by atoms with E-state index in [2.05, 4.69) is 20.4 Å². The summed E-state index contributed by atoms with van der Waals surface area (Å²) in [6.07, 6.45) is 5.23. The molecule has 0 aliphatic heterocycles. The molecule has 25 heavy (non-hydrogen) atoms. The molecule has 0 spiro atoms. The van der Waals surface area contributed by atoms with Crippen LogP contribution in [-0.2, 0) is 6.54 Å². The highest BCUT2D eigenvalue weighted by Crippen LogP contribution is 2.22. The van der Waals surface area contributed by atoms with E-state index in [4.69, 9.17) is 5.73 Å². The minimum absolute atomic E-state index is 0.291. The number of halogens is 1. The van der Waals surface area contributed by atoms with Crippen LogP contribution in [-0.4, -0.2) is 19.6 Å². The van der Waals surface area contributed by atoms with Gasteiger partial charge in [0, 0.05) is 24.5 Å². The van der Waals surface area contributed by atoms with Gasteiger partial charge in [0.25, 0.3) is 0 Å². The summed E-state index contributed by atoms with van der Waals surface area (Å²) < 4.78 is 14.9. The summed E-state index contributed by atoms with van der Waals surface area (Å²) in [4.78, 5) is 8.68. The van der Waals surface area contributed by atoms with Crippen molar-refractivity contribution in [1.82, 2.24) is 19.6 Å². The number of hydrogen-bond donors (Lipinski definition) is 2. The van der Waals surface area contributed by atoms with Crippen LogP contribution in [0.1, 0.15) is 5.56 Å². The Kier molecular flexibility index (Phi) is 3.74. The summed E-state index contributed by atoms with van der Waals surface area (Å²) >= 11 is 0. The summed E-state index contributed by atoms with van der Waals surface area (Å²) in [5.74, 6) is 0.521. The van der Waals surface area contributed by atoms with Gasteiger partial charge < -0.3 is 11.1 Å². The number of rotatable bonds is 4. The van der Waals surface area contributed by atoms with Crippen LogP contribution in [0.25, 0.3) is 16.8 Å². The second kappa shape index (κ2) is 6.20. The summed E-state index contributed by atoms with van der Waals surface area (Å²) in [5, 5.41) is 7.38. The van der Waals surface area contributed by atoms with Crippen molar-refractivity contribution < 1.29 is 4.39 Å². The summed E-state index contributed by atoms with van der Waals surface area (Å²) in [6.45, 7) is 0.549. The van der Waals surface area contributed by atoms with Crippen LogP contribution in [0.2, 0.25) is 0 Å². The predicted octanol–water partition coefficient (Wildman–Crippen LogP) is 3.12. The Bertz CT molecular complexity index is 1030. The molecular weight excluding hydrogens is 319 g/mol. The Morgan fingerprint density at radius 1 is 1.12 bits per heavy atom. The van der Waals surface area contributed by atoms with E-state index in [1.165, 1.54) is 12.1 Å². The first-order valence-electron chi connectivity index (χ1n) is 7.74. The molecule has 0 saturated carbocycles. The van der Waals surface area contributed by atoms with E-state index in [1.54, 1.807) is 29.0 Å². The van der Waals surface area contributed by atoms with Gasteiger partial charge >= 0.3 is 0 Å². The number of nitrogen functional groups attached to an aromatic ring is 1. The molecule has 0 fully saturated rings. The molecule has 7 heteroatoms. The molecule has 0 unspecified atom stereocenters. The molecule has 0 atom stereocenters. The monoisotopic (exact) mass is 334 g/mol. The molecule has 124 valence electrons. The Morgan fingerprint density at radius 2 is 1.96 bits per heavy atom. The summed E-state index contributed by atoms with van der Waals surface area (Å²) in [7, 11) is 0. The van der Waals surface area contributed by atoms with Gasteiger partial charge in [0.2, 0.25) is 0 Å². The number of hydrogen-bond acceptors (Lipinski definition) is 5. The fraction of sp³-hybridized carbons (Fsp3) is 0.0556. The molecule has 4 rings (SSSR count). The molecule has 0 bridgehead atoms. The summed E-state index contributed by atoms with van der Waals surface area (Å²) in [6, 6.07) is 12.0. The zero-order valence-electron chi connectivity index (χ0n) is 13.2. The zero-order valence-corrected chi connectivity index (χ0v) is 13.2. The van der Waals surface area contributed by atoms with Crippen molar-refractivity contribution in [3.8, 4) is 11.3 Å². The number of anilines is 2. The van der Waals surface area contributed by atoms with Gasteiger partial charge in [0.05, 0.1) is 17.4 Å². The first-order valence-corrected chi connectivity index (χ1v) is 7.74. The number of aromatic nitrogens is 4. The van der Waals surface area contributed by atoms with Crippen LogP contribution >= 0.6 is 0 Å². The summed E-state index contributed by atoms with van der Waals surface area (Å²) in [5.41, 5.74) is 9.41. The standard InChI is InChI=1S/C18H15FN6/c19-14-3-1-13(2-4-14)16-11-21-17(20)18(24-16)22-10-12-6-8-25-15(9-12)5-7-23-25/h1-9,11H,10H2,(H2,20,21)(H,22,24). The molecule has 3 N–H and O–H groups in total. The van der Waals surface area contributed by atoms with Crippen molar-refractivity contribution >= 4 is 17.2 Å². The Balaban J connectivity index is 1.57. The maximum Gasteiger partial charge on any atom is 0.169 e. The van der Waals surface area contributed by atoms with E-state index in [0.29, 0.717) is 23.9 Å². The molecule has 0 radical (unpaired) electrons. The fourth-order valence-corrected chi connectivity index (χ4v) is 2.55. The number of benzene rings is 1. The first kappa shape index (κ1) is 15.1. The van der Waals surface area contributed by atoms with Crippen molar-refractivity contribution in [2.45, 2.75) is 6.54 Å². The van der Waals surface area contributed by atoms with Gasteiger partial charge in [0.15, 0.2) is 11.6 Å². The maximum absolute atomic E-state index is 13.1. The highest BCUT2D eigenvalue weighted by atomic mass is 19.1. The highest BCUT2D eigenvalue weighted by molar-refractivity contribution is 5.65. The average Bonchev–Trinajstić information content (AvgIpc) is 3.09. The maximum atomic E-state index is 13.1. The van der Waals surface area contributed by atoms with Crippen LogP contribution < -0.4 is 11.1 Å². The van der Waals surface area contributed by atoms with Gasteiger partial charge in [-0.2, -0.15) is 5.10 Å². The SMILES string of the molecule is Nc1ncc(-c2ccc(F)cc2)nc1NCc1ccn2nccc2c1. The van der Waals surface area contributed by atoms with E-state index < -0.39 is 0 Å². The van der Waals surface area contributed by atoms with Gasteiger partial charge in [-0.25, -0.2) is 18.9 Å². The quantitative estimate of drug-likeness (QED) is 0.599. The largest absolute Gasteiger partial charge is 0.381 e. The van der Waals surface area contributed by atoms with Crippen LogP contribution in [0.5, 0.6) is 0 Å². The molecular formula is C18H15FN6. The van der Waals surface area contributed by atoms with E-state index in [-0.39, 0.29) is 5.82 Å². The van der Waals surface area contributed by atoms with Crippen LogP contribution in [0, 0.1) is 5.82 Å².